The van der Waals surface area contributed by atoms with E-state index in [2.05, 4.69) is 0 Å². The van der Waals surface area contributed by atoms with Gasteiger partial charge in [0.25, 0.3) is 11.8 Å². The molecule has 1 fully saturated rings. The molecule has 0 spiro atoms. The Morgan fingerprint density at radius 1 is 1.50 bits per heavy atom. The number of carbonyl (C=O) groups is 2. The molecule has 106 valence electrons. The number of ether oxygens (including phenoxy) is 1. The topological polar surface area (TPSA) is 115 Å². The SMILES string of the molecule is NC(=O)c1cn2c(cc1=O)C(=O)N1C(CO)COC1C2. The maximum Gasteiger partial charge on any atom is 0.273 e. The van der Waals surface area contributed by atoms with E-state index in [1.54, 1.807) is 0 Å². The number of pyridine rings is 1. The number of hydrogen-bond donors (Lipinski definition) is 2. The van der Waals surface area contributed by atoms with Gasteiger partial charge in [-0.15, -0.1) is 0 Å². The molecule has 1 saturated heterocycles. The minimum atomic E-state index is -0.833. The summed E-state index contributed by atoms with van der Waals surface area (Å²) in [6.07, 6.45) is 0.778. The van der Waals surface area contributed by atoms with Crippen LogP contribution in [-0.4, -0.2) is 51.9 Å². The monoisotopic (exact) mass is 279 g/mol. The number of aromatic nitrogens is 1. The zero-order valence-corrected chi connectivity index (χ0v) is 10.5. The van der Waals surface area contributed by atoms with Gasteiger partial charge in [-0.3, -0.25) is 14.4 Å². The molecule has 20 heavy (non-hydrogen) atoms. The fourth-order valence-electron chi connectivity index (χ4n) is 2.59. The van der Waals surface area contributed by atoms with E-state index in [-0.39, 0.29) is 31.0 Å². The smallest absolute Gasteiger partial charge is 0.273 e. The average Bonchev–Trinajstić information content (AvgIpc) is 2.82. The molecule has 3 N–H and O–H groups in total. The van der Waals surface area contributed by atoms with E-state index in [1.807, 2.05) is 0 Å². The highest BCUT2D eigenvalue weighted by molar-refractivity contribution is 5.96. The number of nitrogens with two attached hydrogens (primary N) is 1. The number of hydrogen-bond acceptors (Lipinski definition) is 5. The summed E-state index contributed by atoms with van der Waals surface area (Å²) in [6, 6.07) is 0.693. The molecule has 2 amide bonds. The lowest BCUT2D eigenvalue weighted by Gasteiger charge is -2.33. The van der Waals surface area contributed by atoms with E-state index in [1.165, 1.54) is 15.7 Å². The summed E-state index contributed by atoms with van der Waals surface area (Å²) in [6.45, 7) is 0.332. The summed E-state index contributed by atoms with van der Waals surface area (Å²) in [4.78, 5) is 36.7. The molecule has 2 aliphatic heterocycles. The lowest BCUT2D eigenvalue weighted by molar-refractivity contribution is 0.00429. The normalized spacial score (nSPS) is 24.4. The number of primary amides is 1. The van der Waals surface area contributed by atoms with Gasteiger partial charge in [0.05, 0.1) is 25.8 Å². The van der Waals surface area contributed by atoms with Crippen molar-refractivity contribution < 1.29 is 19.4 Å². The van der Waals surface area contributed by atoms with Crippen molar-refractivity contribution in [1.82, 2.24) is 9.47 Å². The number of aliphatic hydroxyl groups is 1. The van der Waals surface area contributed by atoms with E-state index < -0.39 is 29.5 Å². The van der Waals surface area contributed by atoms with Crippen LogP contribution in [0.25, 0.3) is 0 Å². The van der Waals surface area contributed by atoms with Crippen molar-refractivity contribution in [3.8, 4) is 0 Å². The first kappa shape index (κ1) is 12.8. The van der Waals surface area contributed by atoms with Crippen LogP contribution in [0.4, 0.5) is 0 Å². The second-order valence-corrected chi connectivity index (χ2v) is 4.79. The average molecular weight is 279 g/mol. The van der Waals surface area contributed by atoms with Gasteiger partial charge in [-0.1, -0.05) is 0 Å². The van der Waals surface area contributed by atoms with Gasteiger partial charge in [0.15, 0.2) is 11.7 Å². The Labute approximate surface area is 113 Å². The molecular weight excluding hydrogens is 266 g/mol. The second-order valence-electron chi connectivity index (χ2n) is 4.79. The van der Waals surface area contributed by atoms with Gasteiger partial charge in [-0.2, -0.15) is 0 Å². The van der Waals surface area contributed by atoms with Crippen LogP contribution in [-0.2, 0) is 11.3 Å². The predicted octanol–water partition coefficient (Wildman–Crippen LogP) is -1.88. The van der Waals surface area contributed by atoms with Crippen LogP contribution in [0, 0.1) is 0 Å². The fraction of sp³-hybridized carbons (Fsp3) is 0.417. The molecule has 0 saturated carbocycles. The number of rotatable bonds is 2. The maximum atomic E-state index is 12.4. The van der Waals surface area contributed by atoms with Crippen molar-refractivity contribution in [2.45, 2.75) is 18.8 Å². The molecule has 2 unspecified atom stereocenters. The standard InChI is InChI=1S/C12H13N3O5/c13-11(18)7-2-14-3-10-15(6(4-16)5-20-10)12(19)8(14)1-9(7)17/h1-2,6,10,16H,3-5H2,(H2,13,18). The Bertz CT molecular complexity index is 653. The Hall–Kier alpha value is -2.19. The first-order valence-corrected chi connectivity index (χ1v) is 6.12. The summed E-state index contributed by atoms with van der Waals surface area (Å²) < 4.78 is 6.94. The van der Waals surface area contributed by atoms with Crippen molar-refractivity contribution in [1.29, 1.82) is 0 Å². The molecule has 3 heterocycles. The van der Waals surface area contributed by atoms with Crippen molar-refractivity contribution in [2.75, 3.05) is 13.2 Å². The number of carbonyl (C=O) groups excluding carboxylic acids is 2. The Morgan fingerprint density at radius 3 is 2.90 bits per heavy atom. The molecule has 0 aromatic carbocycles. The molecule has 0 radical (unpaired) electrons. The third-order valence-electron chi connectivity index (χ3n) is 3.60. The zero-order valence-electron chi connectivity index (χ0n) is 10.5. The zero-order chi connectivity index (χ0) is 14.4. The summed E-state index contributed by atoms with van der Waals surface area (Å²) >= 11 is 0. The molecule has 1 aromatic rings. The minimum Gasteiger partial charge on any atom is -0.394 e. The van der Waals surface area contributed by atoms with Gasteiger partial charge in [-0.25, -0.2) is 0 Å². The first-order chi connectivity index (χ1) is 9.52. The van der Waals surface area contributed by atoms with Crippen LogP contribution in [0.2, 0.25) is 0 Å². The van der Waals surface area contributed by atoms with Gasteiger partial charge in [0.2, 0.25) is 0 Å². The third-order valence-corrected chi connectivity index (χ3v) is 3.60. The predicted molar refractivity (Wildman–Crippen MR) is 66.0 cm³/mol. The lowest BCUT2D eigenvalue weighted by atomic mass is 10.1. The van der Waals surface area contributed by atoms with Crippen LogP contribution >= 0.6 is 0 Å². The van der Waals surface area contributed by atoms with Gasteiger partial charge >= 0.3 is 0 Å². The molecular formula is C12H13N3O5. The summed E-state index contributed by atoms with van der Waals surface area (Å²) in [5, 5.41) is 9.24. The lowest BCUT2D eigenvalue weighted by Crippen LogP contribution is -2.50. The van der Waals surface area contributed by atoms with Crippen molar-refractivity contribution in [3.63, 3.8) is 0 Å². The number of nitrogens with zero attached hydrogens (tertiary/aromatic N) is 2. The van der Waals surface area contributed by atoms with Crippen LogP contribution in [0.15, 0.2) is 17.1 Å². The highest BCUT2D eigenvalue weighted by Gasteiger charge is 2.42. The molecule has 2 atom stereocenters. The second kappa shape index (κ2) is 4.43. The maximum absolute atomic E-state index is 12.4. The summed E-state index contributed by atoms with van der Waals surface area (Å²) in [7, 11) is 0. The Balaban J connectivity index is 2.08. The van der Waals surface area contributed by atoms with Gasteiger partial charge < -0.3 is 25.0 Å². The number of fused-ring (bicyclic) bond motifs is 2. The van der Waals surface area contributed by atoms with E-state index in [4.69, 9.17) is 10.5 Å². The molecule has 8 nitrogen and oxygen atoms in total. The number of aliphatic hydroxyl groups excluding tert-OH is 1. The molecule has 3 rings (SSSR count). The van der Waals surface area contributed by atoms with Crippen molar-refractivity contribution in [3.05, 3.63) is 33.7 Å². The van der Waals surface area contributed by atoms with Crippen LogP contribution in [0.1, 0.15) is 20.8 Å². The van der Waals surface area contributed by atoms with Gasteiger partial charge in [-0.05, 0) is 0 Å². The fourth-order valence-corrected chi connectivity index (χ4v) is 2.59. The summed E-state index contributed by atoms with van der Waals surface area (Å²) in [5.41, 5.74) is 4.54. The van der Waals surface area contributed by atoms with E-state index in [0.29, 0.717) is 0 Å². The van der Waals surface area contributed by atoms with E-state index >= 15 is 0 Å². The largest absolute Gasteiger partial charge is 0.394 e. The Kier molecular flexibility index (Phi) is 2.84. The van der Waals surface area contributed by atoms with Crippen LogP contribution < -0.4 is 11.2 Å². The van der Waals surface area contributed by atoms with E-state index in [0.717, 1.165) is 6.07 Å². The minimum absolute atomic E-state index is 0.160. The third kappa shape index (κ3) is 1.73. The van der Waals surface area contributed by atoms with Crippen LogP contribution in [0.3, 0.4) is 0 Å². The molecule has 8 heteroatoms. The quantitative estimate of drug-likeness (QED) is 0.657. The highest BCUT2D eigenvalue weighted by atomic mass is 16.5. The van der Waals surface area contributed by atoms with Gasteiger partial charge in [0, 0.05) is 12.3 Å². The molecule has 0 bridgehead atoms. The highest BCUT2D eigenvalue weighted by Crippen LogP contribution is 2.25. The molecule has 2 aliphatic rings. The number of amides is 2. The molecule has 1 aromatic heterocycles. The van der Waals surface area contributed by atoms with Gasteiger partial charge in [0.1, 0.15) is 11.3 Å². The van der Waals surface area contributed by atoms with Crippen LogP contribution in [0.5, 0.6) is 0 Å². The van der Waals surface area contributed by atoms with Crippen molar-refractivity contribution in [2.24, 2.45) is 5.73 Å². The summed E-state index contributed by atoms with van der Waals surface area (Å²) in [5.74, 6) is -1.23. The van der Waals surface area contributed by atoms with E-state index in [9.17, 15) is 19.5 Å². The van der Waals surface area contributed by atoms with Crippen molar-refractivity contribution >= 4 is 11.8 Å². The Morgan fingerprint density at radius 2 is 2.25 bits per heavy atom. The first-order valence-electron chi connectivity index (χ1n) is 6.12. The molecule has 0 aliphatic carbocycles.